The lowest BCUT2D eigenvalue weighted by Gasteiger charge is -2.15. The summed E-state index contributed by atoms with van der Waals surface area (Å²) in [4.78, 5) is 21.8. The van der Waals surface area contributed by atoms with Crippen LogP contribution in [0.1, 0.15) is 0 Å². The van der Waals surface area contributed by atoms with E-state index in [1.807, 2.05) is 12.1 Å². The van der Waals surface area contributed by atoms with Gasteiger partial charge in [-0.3, -0.25) is 9.13 Å². The molecule has 10 nitrogen and oxygen atoms in total. The molecule has 0 bridgehead atoms. The topological polar surface area (TPSA) is 81.1 Å². The maximum Gasteiger partial charge on any atom is 0.235 e. The minimum Gasteiger partial charge on any atom is -0.309 e. The van der Waals surface area contributed by atoms with Gasteiger partial charge in [0.2, 0.25) is 11.9 Å². The van der Waals surface area contributed by atoms with E-state index in [-0.39, 0.29) is 0 Å². The first-order valence-electron chi connectivity index (χ1n) is 40.8. The Bertz CT molecular complexity index is 8440. The normalized spacial score (nSPS) is 12.0. The fourth-order valence-electron chi connectivity index (χ4n) is 19.4. The summed E-state index contributed by atoms with van der Waals surface area (Å²) in [6.07, 6.45) is 0. The van der Waals surface area contributed by atoms with Gasteiger partial charge in [0, 0.05) is 110 Å². The Balaban J connectivity index is 0.611. The van der Waals surface area contributed by atoms with Crippen LogP contribution in [0.5, 0.6) is 0 Å². The average Bonchev–Trinajstić information content (AvgIpc) is 1.54. The van der Waals surface area contributed by atoms with Crippen molar-refractivity contribution in [1.29, 1.82) is 0 Å². The number of nitrogens with zero attached hydrogens (tertiary/aromatic N) is 10. The Morgan fingerprint density at radius 3 is 0.742 bits per heavy atom. The van der Waals surface area contributed by atoms with Crippen LogP contribution in [0.25, 0.3) is 233 Å². The smallest absolute Gasteiger partial charge is 0.235 e. The molecule has 558 valence electrons. The summed E-state index contributed by atoms with van der Waals surface area (Å²) < 4.78 is 14.3. The molecular formula is C110H68N10. The van der Waals surface area contributed by atoms with Crippen LogP contribution in [0.4, 0.5) is 0 Å². The maximum absolute atomic E-state index is 5.61. The number of benzene rings is 17. The van der Waals surface area contributed by atoms with E-state index in [1.54, 1.807) is 0 Å². The summed E-state index contributed by atoms with van der Waals surface area (Å²) in [5.41, 5.74) is 29.4. The van der Waals surface area contributed by atoms with Crippen molar-refractivity contribution in [2.24, 2.45) is 0 Å². The molecule has 0 saturated heterocycles. The first-order valence-corrected chi connectivity index (χ1v) is 40.8. The molecule has 0 aliphatic heterocycles. The van der Waals surface area contributed by atoms with Crippen LogP contribution in [0.3, 0.4) is 0 Å². The van der Waals surface area contributed by atoms with Gasteiger partial charge in [0.05, 0.1) is 89.0 Å². The van der Waals surface area contributed by atoms with Crippen LogP contribution in [-0.2, 0) is 0 Å². The largest absolute Gasteiger partial charge is 0.309 e. The predicted molar refractivity (Wildman–Crippen MR) is 496 cm³/mol. The second-order valence-corrected chi connectivity index (χ2v) is 31.2. The van der Waals surface area contributed by atoms with Crippen LogP contribution in [0, 0.1) is 0 Å². The molecule has 0 N–H and O–H groups in total. The molecule has 0 aliphatic carbocycles. The first-order chi connectivity index (χ1) is 59.5. The highest BCUT2D eigenvalue weighted by atomic mass is 15.2. The average molecular weight is 1530 g/mol. The molecule has 0 atom stereocenters. The van der Waals surface area contributed by atoms with Crippen molar-refractivity contribution in [3.8, 4) is 102 Å². The highest BCUT2D eigenvalue weighted by Gasteiger charge is 2.27. The third-order valence-electron chi connectivity index (χ3n) is 24.6. The van der Waals surface area contributed by atoms with Gasteiger partial charge in [-0.05, 0) is 162 Å². The summed E-state index contributed by atoms with van der Waals surface area (Å²) in [7, 11) is 0. The van der Waals surface area contributed by atoms with E-state index in [4.69, 9.17) is 19.9 Å². The number of rotatable bonds is 12. The summed E-state index contributed by atoms with van der Waals surface area (Å²) in [5, 5.41) is 14.1. The molecule has 25 aromatic rings. The van der Waals surface area contributed by atoms with Gasteiger partial charge < -0.3 is 18.3 Å². The SMILES string of the molecule is c1ccc(-c2cc(-c3ccc(-c4cc(-c5ccccc5)nc(-n5c6ccccc6c6cc(-n7c8ccccc8c8c9c%10ccccc%10n(-c%10ccccc%10)c9ccc87)ccc65)n4)cc3)cc(-n3c4ccccc4c4c5c6ccccc6n(-c6ccc7c(c6)c6ccccc6n7-c6nc(-c7ccccc7)cc(-c7ccccc7)n6)c5ccc43)c2)cc1. The van der Waals surface area contributed by atoms with Gasteiger partial charge in [0.15, 0.2) is 0 Å². The Hall–Kier alpha value is -16.3. The Morgan fingerprint density at radius 1 is 0.133 bits per heavy atom. The maximum atomic E-state index is 5.61. The first kappa shape index (κ1) is 67.1. The van der Waals surface area contributed by atoms with Gasteiger partial charge in [-0.25, -0.2) is 19.9 Å². The van der Waals surface area contributed by atoms with Gasteiger partial charge in [-0.1, -0.05) is 273 Å². The second kappa shape index (κ2) is 26.6. The molecule has 25 rings (SSSR count). The molecule has 0 aliphatic rings. The van der Waals surface area contributed by atoms with Gasteiger partial charge >= 0.3 is 0 Å². The van der Waals surface area contributed by atoms with Crippen molar-refractivity contribution in [2.75, 3.05) is 0 Å². The van der Waals surface area contributed by atoms with Crippen LogP contribution >= 0.6 is 0 Å². The standard InChI is InChI=1S/C110H68N10/c1-6-28-69(29-7-1)75-62-76(64-80(63-75)118-98-49-27-21-43-86(98)108-104(118)61-60-103-107(108)85-42-20-26-48-97(85)117(103)79-54-56-99-87(66-79)81-38-16-22-44-93(81)119(99)109-111-89(71-30-8-2-9-31-71)67-90(112-109)72-32-10-3-11-33-72)70-50-52-74(53-51-70)92-68-91(73-34-12-4-13-35-73)113-110(114-92)120-94-45-23-17-39-82(94)88-65-78(55-57-100(88)120)116-96-47-25-19-41-84(96)106-102(116)59-58-101-105(106)83-40-18-24-46-95(83)115(101)77-36-14-5-15-37-77/h1-68H. The number of fused-ring (bicyclic) bond motifs is 20. The van der Waals surface area contributed by atoms with Crippen molar-refractivity contribution in [3.63, 3.8) is 0 Å². The zero-order chi connectivity index (χ0) is 78.6. The number of hydrogen-bond acceptors (Lipinski definition) is 4. The molecule has 17 aromatic carbocycles. The highest BCUT2D eigenvalue weighted by Crippen LogP contribution is 2.48. The van der Waals surface area contributed by atoms with Crippen LogP contribution in [0.2, 0.25) is 0 Å². The Labute approximate surface area is 688 Å². The summed E-state index contributed by atoms with van der Waals surface area (Å²) in [6, 6.07) is 149. The molecule has 0 amide bonds. The second-order valence-electron chi connectivity index (χ2n) is 31.2. The van der Waals surface area contributed by atoms with Gasteiger partial charge in [-0.2, -0.15) is 0 Å². The lowest BCUT2D eigenvalue weighted by atomic mass is 9.96. The third kappa shape index (κ3) is 10.3. The van der Waals surface area contributed by atoms with E-state index < -0.39 is 0 Å². The monoisotopic (exact) mass is 1530 g/mol. The van der Waals surface area contributed by atoms with Crippen molar-refractivity contribution >= 4 is 131 Å². The molecule has 0 spiro atoms. The summed E-state index contributed by atoms with van der Waals surface area (Å²) in [6.45, 7) is 0. The molecule has 0 radical (unpaired) electrons. The molecule has 120 heavy (non-hydrogen) atoms. The van der Waals surface area contributed by atoms with Crippen molar-refractivity contribution < 1.29 is 0 Å². The van der Waals surface area contributed by atoms with Gasteiger partial charge in [0.25, 0.3) is 0 Å². The zero-order valence-corrected chi connectivity index (χ0v) is 64.7. The Morgan fingerprint density at radius 2 is 0.383 bits per heavy atom. The zero-order valence-electron chi connectivity index (χ0n) is 64.7. The van der Waals surface area contributed by atoms with Crippen LogP contribution in [0.15, 0.2) is 413 Å². The predicted octanol–water partition coefficient (Wildman–Crippen LogP) is 27.9. The van der Waals surface area contributed by atoms with E-state index >= 15 is 0 Å². The number of para-hydroxylation sites is 7. The molecule has 10 heteroatoms. The molecule has 8 aromatic heterocycles. The molecular weight excluding hydrogens is 1460 g/mol. The van der Waals surface area contributed by atoms with Crippen molar-refractivity contribution in [1.82, 2.24) is 47.3 Å². The highest BCUT2D eigenvalue weighted by molar-refractivity contribution is 6.31. The number of hydrogen-bond donors (Lipinski definition) is 0. The van der Waals surface area contributed by atoms with Crippen molar-refractivity contribution in [2.45, 2.75) is 0 Å². The summed E-state index contributed by atoms with van der Waals surface area (Å²) in [5.74, 6) is 1.21. The van der Waals surface area contributed by atoms with Crippen LogP contribution < -0.4 is 0 Å². The van der Waals surface area contributed by atoms with E-state index in [0.717, 1.165) is 167 Å². The lowest BCUT2D eigenvalue weighted by molar-refractivity contribution is 0.995. The summed E-state index contributed by atoms with van der Waals surface area (Å²) >= 11 is 0. The molecule has 8 heterocycles. The minimum atomic E-state index is 0.591. The lowest BCUT2D eigenvalue weighted by Crippen LogP contribution is -2.04. The fourth-order valence-corrected chi connectivity index (χ4v) is 19.4. The van der Waals surface area contributed by atoms with Gasteiger partial charge in [-0.15, -0.1) is 0 Å². The van der Waals surface area contributed by atoms with Gasteiger partial charge in [0.1, 0.15) is 0 Å². The molecule has 0 saturated carbocycles. The molecule has 0 fully saturated rings. The van der Waals surface area contributed by atoms with E-state index in [2.05, 4.69) is 428 Å². The van der Waals surface area contributed by atoms with Crippen molar-refractivity contribution in [3.05, 3.63) is 413 Å². The Kier molecular flexibility index (Phi) is 14.9. The van der Waals surface area contributed by atoms with E-state index in [1.165, 1.54) is 54.1 Å². The molecule has 0 unspecified atom stereocenters. The van der Waals surface area contributed by atoms with Crippen LogP contribution in [-0.4, -0.2) is 47.3 Å². The quantitative estimate of drug-likeness (QED) is 0.122. The minimum absolute atomic E-state index is 0.591. The van der Waals surface area contributed by atoms with E-state index in [9.17, 15) is 0 Å². The van der Waals surface area contributed by atoms with E-state index in [0.29, 0.717) is 11.9 Å². The fraction of sp³-hybridized carbons (Fsp3) is 0. The number of aromatic nitrogens is 10. The third-order valence-corrected chi connectivity index (χ3v) is 24.6.